The van der Waals surface area contributed by atoms with Crippen LogP contribution in [0.1, 0.15) is 33.1 Å². The first-order valence-corrected chi connectivity index (χ1v) is 8.65. The van der Waals surface area contributed by atoms with Crippen LogP contribution in [0.15, 0.2) is 48.5 Å². The van der Waals surface area contributed by atoms with Crippen LogP contribution in [0, 0.1) is 25.2 Å². The molecule has 0 bridgehead atoms. The summed E-state index contributed by atoms with van der Waals surface area (Å²) in [5.74, 6) is 0.0917. The van der Waals surface area contributed by atoms with E-state index < -0.39 is 0 Å². The summed E-state index contributed by atoms with van der Waals surface area (Å²) in [6.45, 7) is 6.71. The smallest absolute Gasteiger partial charge is 0.254 e. The van der Waals surface area contributed by atoms with Gasteiger partial charge in [-0.2, -0.15) is 5.26 Å². The highest BCUT2D eigenvalue weighted by molar-refractivity contribution is 5.95. The van der Waals surface area contributed by atoms with E-state index in [1.54, 1.807) is 0 Å². The number of aryl methyl sites for hydroxylation is 2. The second-order valence-corrected chi connectivity index (χ2v) is 6.59. The third-order valence-corrected chi connectivity index (χ3v) is 4.83. The fraction of sp³-hybridized carbons (Fsp3) is 0.333. The van der Waals surface area contributed by atoms with Crippen LogP contribution in [0.25, 0.3) is 0 Å². The van der Waals surface area contributed by atoms with Crippen molar-refractivity contribution >= 4 is 5.91 Å². The van der Waals surface area contributed by atoms with Crippen molar-refractivity contribution in [2.75, 3.05) is 26.2 Å². The van der Waals surface area contributed by atoms with Crippen LogP contribution in [0.5, 0.6) is 0 Å². The Morgan fingerprint density at radius 2 is 1.72 bits per heavy atom. The molecule has 0 aliphatic carbocycles. The minimum Gasteiger partial charge on any atom is -0.336 e. The van der Waals surface area contributed by atoms with Gasteiger partial charge in [0.1, 0.15) is 6.04 Å². The normalized spacial score (nSPS) is 16.3. The topological polar surface area (TPSA) is 47.3 Å². The molecule has 0 spiro atoms. The number of hydrogen-bond donors (Lipinski definition) is 0. The van der Waals surface area contributed by atoms with Gasteiger partial charge < -0.3 is 4.90 Å². The maximum atomic E-state index is 12.8. The molecule has 1 atom stereocenters. The lowest BCUT2D eigenvalue weighted by atomic mass is 10.0. The molecule has 3 rings (SSSR count). The molecular formula is C21H23N3O. The lowest BCUT2D eigenvalue weighted by Crippen LogP contribution is -2.49. The van der Waals surface area contributed by atoms with Crippen LogP contribution in [0.4, 0.5) is 0 Å². The van der Waals surface area contributed by atoms with Gasteiger partial charge in [0, 0.05) is 31.7 Å². The van der Waals surface area contributed by atoms with E-state index in [-0.39, 0.29) is 11.9 Å². The van der Waals surface area contributed by atoms with E-state index in [0.717, 1.165) is 22.3 Å². The van der Waals surface area contributed by atoms with Gasteiger partial charge in [0.15, 0.2) is 0 Å². The van der Waals surface area contributed by atoms with E-state index in [4.69, 9.17) is 0 Å². The van der Waals surface area contributed by atoms with E-state index in [2.05, 4.69) is 11.0 Å². The molecule has 0 radical (unpaired) electrons. The van der Waals surface area contributed by atoms with Crippen LogP contribution < -0.4 is 0 Å². The number of hydrogen-bond acceptors (Lipinski definition) is 3. The van der Waals surface area contributed by atoms with Gasteiger partial charge in [0.25, 0.3) is 5.91 Å². The molecule has 128 valence electrons. The molecule has 0 N–H and O–H groups in total. The van der Waals surface area contributed by atoms with Crippen molar-refractivity contribution in [3.8, 4) is 6.07 Å². The van der Waals surface area contributed by atoms with E-state index in [1.807, 2.05) is 67.3 Å². The summed E-state index contributed by atoms with van der Waals surface area (Å²) in [5, 5.41) is 9.58. The Morgan fingerprint density at radius 3 is 2.36 bits per heavy atom. The second kappa shape index (κ2) is 7.50. The Labute approximate surface area is 149 Å². The molecular weight excluding hydrogens is 310 g/mol. The van der Waals surface area contributed by atoms with E-state index in [1.165, 1.54) is 0 Å². The number of nitrogens with zero attached hydrogens (tertiary/aromatic N) is 3. The number of benzene rings is 2. The molecule has 0 aromatic heterocycles. The Kier molecular flexibility index (Phi) is 5.16. The van der Waals surface area contributed by atoms with Gasteiger partial charge in [-0.05, 0) is 31.0 Å². The quantitative estimate of drug-likeness (QED) is 0.865. The lowest BCUT2D eigenvalue weighted by molar-refractivity contribution is 0.0605. The maximum Gasteiger partial charge on any atom is 0.254 e. The molecule has 2 aromatic carbocycles. The number of rotatable bonds is 3. The average Bonchev–Trinajstić information content (AvgIpc) is 2.65. The summed E-state index contributed by atoms with van der Waals surface area (Å²) >= 11 is 0. The number of piperazine rings is 1. The van der Waals surface area contributed by atoms with Crippen molar-refractivity contribution in [2.45, 2.75) is 19.9 Å². The van der Waals surface area contributed by atoms with Crippen LogP contribution in [-0.4, -0.2) is 41.9 Å². The average molecular weight is 333 g/mol. The Balaban J connectivity index is 1.68. The monoisotopic (exact) mass is 333 g/mol. The van der Waals surface area contributed by atoms with Gasteiger partial charge in [0.2, 0.25) is 0 Å². The molecule has 1 heterocycles. The first-order valence-electron chi connectivity index (χ1n) is 8.65. The zero-order valence-corrected chi connectivity index (χ0v) is 14.8. The highest BCUT2D eigenvalue weighted by atomic mass is 16.2. The third-order valence-electron chi connectivity index (χ3n) is 4.83. The Morgan fingerprint density at radius 1 is 1.04 bits per heavy atom. The standard InChI is InChI=1S/C21H23N3O/c1-16-8-9-17(2)19(14-16)21(25)24-12-10-23(11-13-24)20(15-22)18-6-4-3-5-7-18/h3-9,14,20H,10-13H2,1-2H3/t20-/m1/s1. The van der Waals surface area contributed by atoms with Crippen molar-refractivity contribution in [3.05, 3.63) is 70.8 Å². The molecule has 0 saturated carbocycles. The Bertz CT molecular complexity index is 787. The second-order valence-electron chi connectivity index (χ2n) is 6.59. The number of carbonyl (C=O) groups is 1. The molecule has 1 saturated heterocycles. The molecule has 0 unspecified atom stereocenters. The van der Waals surface area contributed by atoms with E-state index >= 15 is 0 Å². The predicted molar refractivity (Wildman–Crippen MR) is 98.2 cm³/mol. The van der Waals surface area contributed by atoms with Crippen LogP contribution >= 0.6 is 0 Å². The molecule has 25 heavy (non-hydrogen) atoms. The third kappa shape index (κ3) is 3.72. The van der Waals surface area contributed by atoms with Crippen molar-refractivity contribution in [1.82, 2.24) is 9.80 Å². The van der Waals surface area contributed by atoms with Gasteiger partial charge in [0.05, 0.1) is 6.07 Å². The zero-order chi connectivity index (χ0) is 17.8. The van der Waals surface area contributed by atoms with Crippen molar-refractivity contribution in [2.24, 2.45) is 0 Å². The number of carbonyl (C=O) groups excluding carboxylic acids is 1. The number of amides is 1. The van der Waals surface area contributed by atoms with Crippen LogP contribution in [-0.2, 0) is 0 Å². The van der Waals surface area contributed by atoms with Gasteiger partial charge >= 0.3 is 0 Å². The fourth-order valence-electron chi connectivity index (χ4n) is 3.32. The summed E-state index contributed by atoms with van der Waals surface area (Å²) < 4.78 is 0. The van der Waals surface area contributed by atoms with E-state index in [9.17, 15) is 10.1 Å². The molecule has 1 aliphatic heterocycles. The van der Waals surface area contributed by atoms with Gasteiger partial charge in [-0.25, -0.2) is 0 Å². The SMILES string of the molecule is Cc1ccc(C)c(C(=O)N2CCN([C@H](C#N)c3ccccc3)CC2)c1. The maximum absolute atomic E-state index is 12.8. The summed E-state index contributed by atoms with van der Waals surface area (Å²) in [7, 11) is 0. The minimum absolute atomic E-state index is 0.0917. The number of nitriles is 1. The summed E-state index contributed by atoms with van der Waals surface area (Å²) in [5.41, 5.74) is 3.91. The van der Waals surface area contributed by atoms with Crippen molar-refractivity contribution in [3.63, 3.8) is 0 Å². The van der Waals surface area contributed by atoms with Gasteiger partial charge in [-0.15, -0.1) is 0 Å². The summed E-state index contributed by atoms with van der Waals surface area (Å²) in [4.78, 5) is 16.9. The van der Waals surface area contributed by atoms with Crippen LogP contribution in [0.3, 0.4) is 0 Å². The molecule has 1 fully saturated rings. The molecule has 2 aromatic rings. The highest BCUT2D eigenvalue weighted by Gasteiger charge is 2.27. The first kappa shape index (κ1) is 17.2. The molecule has 1 aliphatic rings. The summed E-state index contributed by atoms with van der Waals surface area (Å²) in [6.07, 6.45) is 0. The lowest BCUT2D eigenvalue weighted by Gasteiger charge is -2.37. The van der Waals surface area contributed by atoms with Gasteiger partial charge in [-0.1, -0.05) is 48.0 Å². The van der Waals surface area contributed by atoms with Gasteiger partial charge in [-0.3, -0.25) is 9.69 Å². The summed E-state index contributed by atoms with van der Waals surface area (Å²) in [6, 6.07) is 18.0. The molecule has 4 heteroatoms. The van der Waals surface area contributed by atoms with E-state index in [0.29, 0.717) is 26.2 Å². The van der Waals surface area contributed by atoms with Crippen molar-refractivity contribution < 1.29 is 4.79 Å². The Hall–Kier alpha value is -2.64. The largest absolute Gasteiger partial charge is 0.336 e. The van der Waals surface area contributed by atoms with Crippen LogP contribution in [0.2, 0.25) is 0 Å². The highest BCUT2D eigenvalue weighted by Crippen LogP contribution is 2.22. The fourth-order valence-corrected chi connectivity index (χ4v) is 3.32. The minimum atomic E-state index is -0.251. The zero-order valence-electron chi connectivity index (χ0n) is 14.8. The van der Waals surface area contributed by atoms with Crippen molar-refractivity contribution in [1.29, 1.82) is 5.26 Å². The predicted octanol–water partition coefficient (Wildman–Crippen LogP) is 3.33. The first-order chi connectivity index (χ1) is 12.1. The molecule has 1 amide bonds. The molecule has 4 nitrogen and oxygen atoms in total.